The van der Waals surface area contributed by atoms with Gasteiger partial charge in [-0.05, 0) is 12.8 Å². The van der Waals surface area contributed by atoms with Gasteiger partial charge in [-0.1, -0.05) is 19.3 Å². The lowest BCUT2D eigenvalue weighted by molar-refractivity contribution is -0.148. The lowest BCUT2D eigenvalue weighted by Crippen LogP contribution is -2.53. The van der Waals surface area contributed by atoms with E-state index in [-0.39, 0.29) is 23.8 Å². The van der Waals surface area contributed by atoms with Crippen LogP contribution in [0.25, 0.3) is 0 Å². The molecule has 2 heterocycles. The molecule has 0 bridgehead atoms. The lowest BCUT2D eigenvalue weighted by atomic mass is 9.88. The van der Waals surface area contributed by atoms with E-state index in [2.05, 4.69) is 0 Å². The number of carbonyl (C=O) groups is 2. The Balaban J connectivity index is 1.63. The molecule has 0 spiro atoms. The summed E-state index contributed by atoms with van der Waals surface area (Å²) in [5.41, 5.74) is 0. The highest BCUT2D eigenvalue weighted by molar-refractivity contribution is 7.99. The first-order valence-electron chi connectivity index (χ1n) is 8.02. The van der Waals surface area contributed by atoms with Crippen LogP contribution in [0.5, 0.6) is 0 Å². The highest BCUT2D eigenvalue weighted by atomic mass is 32.2. The molecule has 2 amide bonds. The third-order valence-electron chi connectivity index (χ3n) is 4.73. The van der Waals surface area contributed by atoms with Gasteiger partial charge in [-0.25, -0.2) is 0 Å². The Morgan fingerprint density at radius 1 is 1.00 bits per heavy atom. The number of morpholine rings is 1. The third-order valence-corrected chi connectivity index (χ3v) is 5.74. The smallest absolute Gasteiger partial charge is 0.246 e. The quantitative estimate of drug-likeness (QED) is 0.772. The number of ether oxygens (including phenoxy) is 1. The lowest BCUT2D eigenvalue weighted by Gasteiger charge is -2.34. The Bertz CT molecular complexity index is 356. The largest absolute Gasteiger partial charge is 0.378 e. The summed E-state index contributed by atoms with van der Waals surface area (Å²) < 4.78 is 5.30. The zero-order chi connectivity index (χ0) is 14.7. The first-order valence-corrected chi connectivity index (χ1v) is 9.17. The summed E-state index contributed by atoms with van der Waals surface area (Å²) in [6.45, 7) is 2.54. The van der Waals surface area contributed by atoms with Gasteiger partial charge in [-0.15, -0.1) is 11.8 Å². The van der Waals surface area contributed by atoms with Crippen molar-refractivity contribution < 1.29 is 14.3 Å². The van der Waals surface area contributed by atoms with Crippen LogP contribution in [0.3, 0.4) is 0 Å². The summed E-state index contributed by atoms with van der Waals surface area (Å²) in [7, 11) is 0. The minimum absolute atomic E-state index is 0.118. The minimum Gasteiger partial charge on any atom is -0.378 e. The second-order valence-corrected chi connectivity index (χ2v) is 7.10. The zero-order valence-corrected chi connectivity index (χ0v) is 13.3. The number of nitrogens with zero attached hydrogens (tertiary/aromatic N) is 2. The van der Waals surface area contributed by atoms with Crippen LogP contribution in [0.4, 0.5) is 0 Å². The van der Waals surface area contributed by atoms with Gasteiger partial charge in [0.1, 0.15) is 6.04 Å². The Morgan fingerprint density at radius 2 is 1.71 bits per heavy atom. The van der Waals surface area contributed by atoms with Crippen LogP contribution in [0.2, 0.25) is 0 Å². The molecule has 0 aromatic carbocycles. The van der Waals surface area contributed by atoms with Crippen molar-refractivity contribution in [1.82, 2.24) is 9.80 Å². The fourth-order valence-corrected chi connectivity index (χ4v) is 4.60. The second kappa shape index (κ2) is 7.01. The second-order valence-electron chi connectivity index (χ2n) is 6.10. The third kappa shape index (κ3) is 3.37. The standard InChI is InChI=1S/C15H24N2O3S/c18-14(12-4-2-1-3-5-12)17-11-21-10-13(17)15(19)16-6-8-20-9-7-16/h12-13H,1-11H2. The molecule has 3 aliphatic rings. The fourth-order valence-electron chi connectivity index (χ4n) is 3.44. The summed E-state index contributed by atoms with van der Waals surface area (Å²) in [4.78, 5) is 29.1. The van der Waals surface area contributed by atoms with Crippen molar-refractivity contribution in [3.63, 3.8) is 0 Å². The van der Waals surface area contributed by atoms with E-state index in [9.17, 15) is 9.59 Å². The van der Waals surface area contributed by atoms with Crippen LogP contribution in [0.1, 0.15) is 32.1 Å². The highest BCUT2D eigenvalue weighted by Crippen LogP contribution is 2.30. The normalized spacial score (nSPS) is 27.9. The maximum absolute atomic E-state index is 12.7. The first kappa shape index (κ1) is 15.2. The van der Waals surface area contributed by atoms with Crippen molar-refractivity contribution in [3.05, 3.63) is 0 Å². The first-order chi connectivity index (χ1) is 10.3. The van der Waals surface area contributed by atoms with Crippen molar-refractivity contribution >= 4 is 23.6 Å². The van der Waals surface area contributed by atoms with Crippen molar-refractivity contribution in [1.29, 1.82) is 0 Å². The molecule has 1 atom stereocenters. The molecule has 118 valence electrons. The van der Waals surface area contributed by atoms with E-state index in [1.165, 1.54) is 6.42 Å². The molecule has 1 saturated carbocycles. The van der Waals surface area contributed by atoms with Gasteiger partial charge in [0.15, 0.2) is 0 Å². The van der Waals surface area contributed by atoms with Gasteiger partial charge in [-0.3, -0.25) is 9.59 Å². The highest BCUT2D eigenvalue weighted by Gasteiger charge is 2.39. The molecule has 1 aliphatic carbocycles. The van der Waals surface area contributed by atoms with Crippen molar-refractivity contribution in [2.75, 3.05) is 37.9 Å². The molecular formula is C15H24N2O3S. The van der Waals surface area contributed by atoms with Gasteiger partial charge >= 0.3 is 0 Å². The van der Waals surface area contributed by atoms with Crippen LogP contribution in [0, 0.1) is 5.92 Å². The molecule has 0 radical (unpaired) electrons. The summed E-state index contributed by atoms with van der Waals surface area (Å²) in [5.74, 6) is 1.90. The zero-order valence-electron chi connectivity index (χ0n) is 12.5. The molecular weight excluding hydrogens is 288 g/mol. The van der Waals surface area contributed by atoms with Crippen LogP contribution in [0.15, 0.2) is 0 Å². The molecule has 0 aromatic heterocycles. The van der Waals surface area contributed by atoms with Crippen LogP contribution in [-0.4, -0.2) is 65.6 Å². The van der Waals surface area contributed by atoms with Gasteiger partial charge in [-0.2, -0.15) is 0 Å². The average molecular weight is 312 g/mol. The molecule has 0 N–H and O–H groups in total. The fraction of sp³-hybridized carbons (Fsp3) is 0.867. The SMILES string of the molecule is O=C(C1CSCN1C(=O)C1CCCCC1)N1CCOCC1. The van der Waals surface area contributed by atoms with E-state index in [4.69, 9.17) is 4.74 Å². The van der Waals surface area contributed by atoms with Crippen molar-refractivity contribution in [3.8, 4) is 0 Å². The Labute approximate surface area is 130 Å². The van der Waals surface area contributed by atoms with Crippen LogP contribution >= 0.6 is 11.8 Å². The molecule has 2 saturated heterocycles. The van der Waals surface area contributed by atoms with E-state index in [1.54, 1.807) is 11.8 Å². The predicted octanol–water partition coefficient (Wildman–Crippen LogP) is 1.33. The molecule has 3 rings (SSSR count). The van der Waals surface area contributed by atoms with Gasteiger partial charge in [0, 0.05) is 24.8 Å². The topological polar surface area (TPSA) is 49.9 Å². The van der Waals surface area contributed by atoms with Crippen molar-refractivity contribution in [2.24, 2.45) is 5.92 Å². The monoisotopic (exact) mass is 312 g/mol. The predicted molar refractivity (Wildman–Crippen MR) is 81.9 cm³/mol. The van der Waals surface area contributed by atoms with Crippen LogP contribution < -0.4 is 0 Å². The molecule has 1 unspecified atom stereocenters. The molecule has 5 nitrogen and oxygen atoms in total. The number of carbonyl (C=O) groups excluding carboxylic acids is 2. The van der Waals surface area contributed by atoms with E-state index in [1.807, 2.05) is 9.80 Å². The summed E-state index contributed by atoms with van der Waals surface area (Å²) in [6, 6.07) is -0.248. The van der Waals surface area contributed by atoms with E-state index >= 15 is 0 Å². The molecule has 6 heteroatoms. The number of hydrogen-bond acceptors (Lipinski definition) is 4. The number of thioether (sulfide) groups is 1. The van der Waals surface area contributed by atoms with Gasteiger partial charge in [0.05, 0.1) is 19.1 Å². The summed E-state index contributed by atoms with van der Waals surface area (Å²) in [6.07, 6.45) is 5.55. The Hall–Kier alpha value is -0.750. The van der Waals surface area contributed by atoms with E-state index in [0.29, 0.717) is 32.2 Å². The maximum atomic E-state index is 12.7. The van der Waals surface area contributed by atoms with Gasteiger partial charge in [0.25, 0.3) is 0 Å². The van der Waals surface area contributed by atoms with Crippen molar-refractivity contribution in [2.45, 2.75) is 38.1 Å². The number of rotatable bonds is 2. The van der Waals surface area contributed by atoms with E-state index < -0.39 is 0 Å². The number of amides is 2. The summed E-state index contributed by atoms with van der Waals surface area (Å²) in [5, 5.41) is 0. The average Bonchev–Trinajstić information content (AvgIpc) is 3.04. The molecule has 21 heavy (non-hydrogen) atoms. The van der Waals surface area contributed by atoms with Gasteiger partial charge < -0.3 is 14.5 Å². The molecule has 0 aromatic rings. The Kier molecular flexibility index (Phi) is 5.06. The van der Waals surface area contributed by atoms with Gasteiger partial charge in [0.2, 0.25) is 11.8 Å². The Morgan fingerprint density at radius 3 is 2.43 bits per heavy atom. The molecule has 3 fully saturated rings. The minimum atomic E-state index is -0.248. The molecule has 2 aliphatic heterocycles. The summed E-state index contributed by atoms with van der Waals surface area (Å²) >= 11 is 1.70. The van der Waals surface area contributed by atoms with Crippen LogP contribution in [-0.2, 0) is 14.3 Å². The maximum Gasteiger partial charge on any atom is 0.246 e. The van der Waals surface area contributed by atoms with E-state index in [0.717, 1.165) is 31.4 Å². The number of hydrogen-bond donors (Lipinski definition) is 0.